The summed E-state index contributed by atoms with van der Waals surface area (Å²) in [5.41, 5.74) is 10.8. The molecule has 2 amide bonds. The summed E-state index contributed by atoms with van der Waals surface area (Å²) in [5.74, 6) is 0.463. The highest BCUT2D eigenvalue weighted by atomic mass is 32.2. The average molecular weight is 217 g/mol. The van der Waals surface area contributed by atoms with Gasteiger partial charge in [0.2, 0.25) is 11.8 Å². The van der Waals surface area contributed by atoms with Gasteiger partial charge in [-0.3, -0.25) is 9.59 Å². The molecular weight excluding hydrogens is 202 g/mol. The number of primary amides is 1. The van der Waals surface area contributed by atoms with Gasteiger partial charge in [0.05, 0.1) is 11.9 Å². The molecule has 0 aliphatic carbocycles. The molecule has 2 atom stereocenters. The Morgan fingerprint density at radius 1 is 1.64 bits per heavy atom. The van der Waals surface area contributed by atoms with Crippen molar-refractivity contribution in [3.8, 4) is 0 Å². The molecule has 0 unspecified atom stereocenters. The van der Waals surface area contributed by atoms with Crippen molar-refractivity contribution in [1.82, 2.24) is 4.90 Å². The third-order valence-corrected chi connectivity index (χ3v) is 3.26. The lowest BCUT2D eigenvalue weighted by atomic mass is 10.2. The molecule has 80 valence electrons. The predicted octanol–water partition coefficient (Wildman–Crippen LogP) is -0.889. The molecule has 1 rings (SSSR count). The molecule has 1 saturated heterocycles. The van der Waals surface area contributed by atoms with Crippen molar-refractivity contribution in [3.63, 3.8) is 0 Å². The fourth-order valence-corrected chi connectivity index (χ4v) is 2.46. The highest BCUT2D eigenvalue weighted by Crippen LogP contribution is 2.21. The normalized spacial score (nSPS) is 23.6. The van der Waals surface area contributed by atoms with E-state index in [0.717, 1.165) is 0 Å². The summed E-state index contributed by atoms with van der Waals surface area (Å²) in [6.07, 6.45) is 0.575. The second kappa shape index (κ2) is 4.65. The molecule has 14 heavy (non-hydrogen) atoms. The van der Waals surface area contributed by atoms with E-state index < -0.39 is 18.0 Å². The predicted molar refractivity (Wildman–Crippen MR) is 55.4 cm³/mol. The SMILES string of the molecule is CC[C@H](N)C(=O)N1CSC[C@H]1C(N)=O. The number of amides is 2. The van der Waals surface area contributed by atoms with Crippen LogP contribution in [0.3, 0.4) is 0 Å². The van der Waals surface area contributed by atoms with Crippen LogP contribution in [0.5, 0.6) is 0 Å². The Labute approximate surface area is 87.2 Å². The third kappa shape index (κ3) is 2.19. The molecule has 6 heteroatoms. The lowest BCUT2D eigenvalue weighted by Gasteiger charge is -2.23. The van der Waals surface area contributed by atoms with Crippen molar-refractivity contribution in [2.24, 2.45) is 11.5 Å². The summed E-state index contributed by atoms with van der Waals surface area (Å²) in [7, 11) is 0. The Morgan fingerprint density at radius 2 is 2.29 bits per heavy atom. The van der Waals surface area contributed by atoms with Crippen LogP contribution in [-0.4, -0.2) is 40.4 Å². The van der Waals surface area contributed by atoms with Gasteiger partial charge in [-0.05, 0) is 6.42 Å². The number of carbonyl (C=O) groups excluding carboxylic acids is 2. The standard InChI is InChI=1S/C8H15N3O2S/c1-2-5(9)8(13)11-4-14-3-6(11)7(10)12/h5-6H,2-4,9H2,1H3,(H2,10,12)/t5-,6-/m0/s1. The molecule has 4 N–H and O–H groups in total. The Morgan fingerprint density at radius 3 is 2.79 bits per heavy atom. The van der Waals surface area contributed by atoms with Crippen molar-refractivity contribution < 1.29 is 9.59 Å². The first-order valence-corrected chi connectivity index (χ1v) is 5.66. The smallest absolute Gasteiger partial charge is 0.241 e. The van der Waals surface area contributed by atoms with E-state index in [1.165, 1.54) is 16.7 Å². The number of thioether (sulfide) groups is 1. The van der Waals surface area contributed by atoms with Crippen LogP contribution in [0.4, 0.5) is 0 Å². The van der Waals surface area contributed by atoms with Crippen LogP contribution in [0.15, 0.2) is 0 Å². The van der Waals surface area contributed by atoms with Gasteiger partial charge in [0.25, 0.3) is 0 Å². The number of nitrogens with zero attached hydrogens (tertiary/aromatic N) is 1. The second-order valence-corrected chi connectivity index (χ2v) is 4.24. The van der Waals surface area contributed by atoms with E-state index in [0.29, 0.717) is 18.1 Å². The molecule has 0 aromatic rings. The zero-order chi connectivity index (χ0) is 10.7. The van der Waals surface area contributed by atoms with Gasteiger partial charge < -0.3 is 16.4 Å². The molecule has 1 aliphatic rings. The maximum Gasteiger partial charge on any atom is 0.241 e. The van der Waals surface area contributed by atoms with E-state index in [-0.39, 0.29) is 5.91 Å². The number of carbonyl (C=O) groups is 2. The average Bonchev–Trinajstić information content (AvgIpc) is 2.63. The lowest BCUT2D eigenvalue weighted by Crippen LogP contribution is -2.50. The maximum atomic E-state index is 11.7. The van der Waals surface area contributed by atoms with Gasteiger partial charge in [-0.25, -0.2) is 0 Å². The highest BCUT2D eigenvalue weighted by molar-refractivity contribution is 7.99. The topological polar surface area (TPSA) is 89.4 Å². The zero-order valence-electron chi connectivity index (χ0n) is 8.10. The molecule has 5 nitrogen and oxygen atoms in total. The molecule has 0 saturated carbocycles. The van der Waals surface area contributed by atoms with Gasteiger partial charge in [-0.2, -0.15) is 0 Å². The van der Waals surface area contributed by atoms with E-state index >= 15 is 0 Å². The zero-order valence-corrected chi connectivity index (χ0v) is 8.92. The van der Waals surface area contributed by atoms with E-state index in [1.54, 1.807) is 0 Å². The molecule has 0 bridgehead atoms. The first kappa shape index (κ1) is 11.3. The summed E-state index contributed by atoms with van der Waals surface area (Å²) < 4.78 is 0. The summed E-state index contributed by atoms with van der Waals surface area (Å²) in [4.78, 5) is 24.1. The summed E-state index contributed by atoms with van der Waals surface area (Å²) in [6, 6.07) is -0.999. The van der Waals surface area contributed by atoms with Gasteiger partial charge in [0, 0.05) is 5.75 Å². The van der Waals surface area contributed by atoms with Crippen LogP contribution in [0, 0.1) is 0 Å². The molecule has 0 aromatic heterocycles. The van der Waals surface area contributed by atoms with Gasteiger partial charge in [-0.1, -0.05) is 6.92 Å². The van der Waals surface area contributed by atoms with Gasteiger partial charge in [-0.15, -0.1) is 11.8 Å². The molecular formula is C8H15N3O2S. The number of nitrogens with two attached hydrogens (primary N) is 2. The van der Waals surface area contributed by atoms with Gasteiger partial charge in [0.1, 0.15) is 6.04 Å². The Bertz CT molecular complexity index is 247. The Hall–Kier alpha value is -0.750. The fraction of sp³-hybridized carbons (Fsp3) is 0.750. The van der Waals surface area contributed by atoms with E-state index in [1.807, 2.05) is 6.92 Å². The molecule has 1 heterocycles. The van der Waals surface area contributed by atoms with Crippen LogP contribution in [0.1, 0.15) is 13.3 Å². The van der Waals surface area contributed by atoms with Crippen molar-refractivity contribution in [3.05, 3.63) is 0 Å². The van der Waals surface area contributed by atoms with E-state index in [9.17, 15) is 9.59 Å². The number of hydrogen-bond acceptors (Lipinski definition) is 4. The molecule has 0 aromatic carbocycles. The Balaban J connectivity index is 2.67. The van der Waals surface area contributed by atoms with Crippen LogP contribution in [0.25, 0.3) is 0 Å². The minimum Gasteiger partial charge on any atom is -0.368 e. The Kier molecular flexibility index (Phi) is 3.77. The molecule has 0 spiro atoms. The fourth-order valence-electron chi connectivity index (χ4n) is 1.28. The first-order chi connectivity index (χ1) is 6.57. The third-order valence-electron chi connectivity index (χ3n) is 2.25. The van der Waals surface area contributed by atoms with Crippen molar-refractivity contribution in [1.29, 1.82) is 0 Å². The van der Waals surface area contributed by atoms with Crippen molar-refractivity contribution in [2.75, 3.05) is 11.6 Å². The van der Waals surface area contributed by atoms with Gasteiger partial charge >= 0.3 is 0 Å². The highest BCUT2D eigenvalue weighted by Gasteiger charge is 2.34. The van der Waals surface area contributed by atoms with Crippen LogP contribution < -0.4 is 11.5 Å². The first-order valence-electron chi connectivity index (χ1n) is 4.51. The van der Waals surface area contributed by atoms with Gasteiger partial charge in [0.15, 0.2) is 0 Å². The van der Waals surface area contributed by atoms with E-state index in [4.69, 9.17) is 11.5 Å². The number of rotatable bonds is 3. The molecule has 1 aliphatic heterocycles. The quantitative estimate of drug-likeness (QED) is 0.642. The number of hydrogen-bond donors (Lipinski definition) is 2. The monoisotopic (exact) mass is 217 g/mol. The second-order valence-electron chi connectivity index (χ2n) is 3.24. The summed E-state index contributed by atoms with van der Waals surface area (Å²) >= 11 is 1.52. The van der Waals surface area contributed by atoms with Crippen molar-refractivity contribution >= 4 is 23.6 Å². The van der Waals surface area contributed by atoms with Crippen molar-refractivity contribution in [2.45, 2.75) is 25.4 Å². The van der Waals surface area contributed by atoms with Crippen LogP contribution in [-0.2, 0) is 9.59 Å². The molecule has 0 radical (unpaired) electrons. The maximum absolute atomic E-state index is 11.7. The summed E-state index contributed by atoms with van der Waals surface area (Å²) in [6.45, 7) is 1.84. The minimum absolute atomic E-state index is 0.179. The summed E-state index contributed by atoms with van der Waals surface area (Å²) in [5, 5.41) is 0. The minimum atomic E-state index is -0.518. The molecule has 1 fully saturated rings. The lowest BCUT2D eigenvalue weighted by molar-refractivity contribution is -0.137. The van der Waals surface area contributed by atoms with E-state index in [2.05, 4.69) is 0 Å². The van der Waals surface area contributed by atoms with Crippen LogP contribution >= 0.6 is 11.8 Å². The van der Waals surface area contributed by atoms with Crippen LogP contribution in [0.2, 0.25) is 0 Å². The largest absolute Gasteiger partial charge is 0.368 e.